The summed E-state index contributed by atoms with van der Waals surface area (Å²) in [5.41, 5.74) is 1.47. The normalized spacial score (nSPS) is 16.5. The molecule has 1 atom stereocenters. The zero-order valence-corrected chi connectivity index (χ0v) is 15.2. The first-order valence-electron chi connectivity index (χ1n) is 8.89. The molecule has 0 radical (unpaired) electrons. The van der Waals surface area contributed by atoms with Crippen molar-refractivity contribution in [2.24, 2.45) is 5.92 Å². The lowest BCUT2D eigenvalue weighted by Crippen LogP contribution is -2.46. The zero-order valence-electron chi connectivity index (χ0n) is 15.2. The smallest absolute Gasteiger partial charge is 0.409 e. The Morgan fingerprint density at radius 3 is 3.00 bits per heavy atom. The Morgan fingerprint density at radius 1 is 1.50 bits per heavy atom. The zero-order chi connectivity index (χ0) is 18.9. The molecule has 6 nitrogen and oxygen atoms in total. The van der Waals surface area contributed by atoms with E-state index in [0.29, 0.717) is 38.3 Å². The van der Waals surface area contributed by atoms with Gasteiger partial charge in [0.2, 0.25) is 5.91 Å². The highest BCUT2D eigenvalue weighted by atomic mass is 16.6. The van der Waals surface area contributed by atoms with Gasteiger partial charge in [-0.1, -0.05) is 18.2 Å². The van der Waals surface area contributed by atoms with Crippen molar-refractivity contribution < 1.29 is 14.3 Å². The van der Waals surface area contributed by atoms with Crippen molar-refractivity contribution in [2.75, 3.05) is 26.2 Å². The fraction of sp³-hybridized carbons (Fsp3) is 0.450. The van der Waals surface area contributed by atoms with Crippen molar-refractivity contribution >= 4 is 12.0 Å². The van der Waals surface area contributed by atoms with E-state index >= 15 is 0 Å². The van der Waals surface area contributed by atoms with Crippen molar-refractivity contribution in [2.45, 2.75) is 26.3 Å². The number of piperidine rings is 1. The van der Waals surface area contributed by atoms with Gasteiger partial charge in [0, 0.05) is 26.2 Å². The minimum absolute atomic E-state index is 0.00117. The first kappa shape index (κ1) is 19.5. The second-order valence-corrected chi connectivity index (χ2v) is 6.30. The molecule has 2 amide bonds. The predicted molar refractivity (Wildman–Crippen MR) is 98.1 cm³/mol. The lowest BCUT2D eigenvalue weighted by molar-refractivity contribution is -0.137. The molecule has 0 spiro atoms. The molecule has 26 heavy (non-hydrogen) atoms. The largest absolute Gasteiger partial charge is 0.450 e. The maximum atomic E-state index is 13.0. The molecule has 1 saturated heterocycles. The molecule has 1 aliphatic heterocycles. The summed E-state index contributed by atoms with van der Waals surface area (Å²) >= 11 is 0. The van der Waals surface area contributed by atoms with Gasteiger partial charge in [-0.2, -0.15) is 5.26 Å². The van der Waals surface area contributed by atoms with E-state index in [1.54, 1.807) is 34.9 Å². The molecule has 138 valence electrons. The first-order chi connectivity index (χ1) is 12.6. The van der Waals surface area contributed by atoms with Crippen LogP contribution in [0.5, 0.6) is 0 Å². The van der Waals surface area contributed by atoms with Gasteiger partial charge in [-0.3, -0.25) is 4.79 Å². The number of carbonyl (C=O) groups is 2. The van der Waals surface area contributed by atoms with Gasteiger partial charge in [-0.25, -0.2) is 4.79 Å². The Morgan fingerprint density at radius 2 is 2.31 bits per heavy atom. The maximum absolute atomic E-state index is 13.0. The molecule has 6 heteroatoms. The van der Waals surface area contributed by atoms with Crippen molar-refractivity contribution in [3.05, 3.63) is 48.0 Å². The van der Waals surface area contributed by atoms with E-state index in [2.05, 4.69) is 12.6 Å². The van der Waals surface area contributed by atoms with Gasteiger partial charge in [0.15, 0.2) is 0 Å². The fourth-order valence-corrected chi connectivity index (χ4v) is 3.17. The number of ether oxygens (including phenoxy) is 1. The second kappa shape index (κ2) is 9.62. The van der Waals surface area contributed by atoms with Crippen LogP contribution in [0.1, 0.15) is 30.9 Å². The van der Waals surface area contributed by atoms with E-state index in [4.69, 9.17) is 10.00 Å². The molecule has 1 fully saturated rings. The highest BCUT2D eigenvalue weighted by molar-refractivity contribution is 5.80. The summed E-state index contributed by atoms with van der Waals surface area (Å²) in [6.07, 6.45) is 2.86. The number of nitriles is 1. The van der Waals surface area contributed by atoms with Crippen molar-refractivity contribution in [1.29, 1.82) is 5.26 Å². The van der Waals surface area contributed by atoms with Crippen LogP contribution >= 0.6 is 0 Å². The van der Waals surface area contributed by atoms with Gasteiger partial charge < -0.3 is 14.5 Å². The molecule has 2 rings (SSSR count). The lowest BCUT2D eigenvalue weighted by Gasteiger charge is -2.34. The van der Waals surface area contributed by atoms with E-state index in [-0.39, 0.29) is 17.9 Å². The molecule has 1 aromatic carbocycles. The molecule has 1 aliphatic rings. The van der Waals surface area contributed by atoms with Crippen LogP contribution in [0.2, 0.25) is 0 Å². The Balaban J connectivity index is 2.08. The number of benzene rings is 1. The van der Waals surface area contributed by atoms with Gasteiger partial charge in [0.25, 0.3) is 0 Å². The minimum Gasteiger partial charge on any atom is -0.450 e. The number of hydrogen-bond acceptors (Lipinski definition) is 4. The van der Waals surface area contributed by atoms with E-state index in [9.17, 15) is 9.59 Å². The van der Waals surface area contributed by atoms with Crippen LogP contribution in [0, 0.1) is 17.2 Å². The Labute approximate surface area is 154 Å². The van der Waals surface area contributed by atoms with E-state index in [1.807, 2.05) is 12.1 Å². The number of amides is 2. The number of likely N-dealkylation sites (tertiary alicyclic amines) is 1. The second-order valence-electron chi connectivity index (χ2n) is 6.30. The van der Waals surface area contributed by atoms with Gasteiger partial charge in [0.1, 0.15) is 0 Å². The minimum atomic E-state index is -0.359. The van der Waals surface area contributed by atoms with E-state index in [0.717, 1.165) is 18.4 Å². The molecule has 0 aromatic heterocycles. The summed E-state index contributed by atoms with van der Waals surface area (Å²) in [5, 5.41) is 9.04. The van der Waals surface area contributed by atoms with Crippen LogP contribution in [-0.4, -0.2) is 48.0 Å². The van der Waals surface area contributed by atoms with Crippen LogP contribution in [0.4, 0.5) is 4.79 Å². The summed E-state index contributed by atoms with van der Waals surface area (Å²) in [4.78, 5) is 28.3. The summed E-state index contributed by atoms with van der Waals surface area (Å²) in [6, 6.07) is 9.35. The van der Waals surface area contributed by atoms with Crippen LogP contribution in [0.3, 0.4) is 0 Å². The van der Waals surface area contributed by atoms with Crippen LogP contribution in [-0.2, 0) is 16.1 Å². The third-order valence-corrected chi connectivity index (χ3v) is 4.39. The van der Waals surface area contributed by atoms with Crippen LogP contribution < -0.4 is 0 Å². The van der Waals surface area contributed by atoms with Crippen molar-refractivity contribution in [3.8, 4) is 6.07 Å². The van der Waals surface area contributed by atoms with E-state index in [1.165, 1.54) is 0 Å². The molecular formula is C20H25N3O3. The molecule has 1 aromatic rings. The number of carbonyl (C=O) groups excluding carboxylic acids is 2. The van der Waals surface area contributed by atoms with Gasteiger partial charge in [0.05, 0.1) is 24.2 Å². The molecule has 1 heterocycles. The predicted octanol–water partition coefficient (Wildman–Crippen LogP) is 2.94. The van der Waals surface area contributed by atoms with Crippen LogP contribution in [0.15, 0.2) is 36.9 Å². The van der Waals surface area contributed by atoms with Crippen molar-refractivity contribution in [3.63, 3.8) is 0 Å². The maximum Gasteiger partial charge on any atom is 0.409 e. The molecule has 0 bridgehead atoms. The molecule has 0 saturated carbocycles. The molecule has 0 aliphatic carbocycles. The Kier molecular flexibility index (Phi) is 7.22. The highest BCUT2D eigenvalue weighted by Gasteiger charge is 2.31. The SMILES string of the molecule is C=CCN(Cc1cccc(C#N)c1)C(=O)C1CCCN(C(=O)OCC)C1. The number of rotatable bonds is 6. The monoisotopic (exact) mass is 355 g/mol. The Hall–Kier alpha value is -2.81. The molecular weight excluding hydrogens is 330 g/mol. The molecule has 0 N–H and O–H groups in total. The van der Waals surface area contributed by atoms with E-state index < -0.39 is 0 Å². The number of hydrogen-bond donors (Lipinski definition) is 0. The summed E-state index contributed by atoms with van der Waals surface area (Å²) in [5.74, 6) is -0.242. The average Bonchev–Trinajstić information content (AvgIpc) is 2.67. The fourth-order valence-electron chi connectivity index (χ4n) is 3.17. The third-order valence-electron chi connectivity index (χ3n) is 4.39. The highest BCUT2D eigenvalue weighted by Crippen LogP contribution is 2.21. The Bertz CT molecular complexity index is 696. The lowest BCUT2D eigenvalue weighted by atomic mass is 9.96. The third kappa shape index (κ3) is 5.09. The average molecular weight is 355 g/mol. The molecule has 1 unspecified atom stereocenters. The summed E-state index contributed by atoms with van der Waals surface area (Å²) < 4.78 is 5.05. The van der Waals surface area contributed by atoms with Gasteiger partial charge >= 0.3 is 6.09 Å². The first-order valence-corrected chi connectivity index (χ1v) is 8.89. The summed E-state index contributed by atoms with van der Waals surface area (Å²) in [7, 11) is 0. The summed E-state index contributed by atoms with van der Waals surface area (Å²) in [6.45, 7) is 7.67. The topological polar surface area (TPSA) is 73.6 Å². The standard InChI is InChI=1S/C20H25N3O3/c1-3-10-22(14-17-8-5-7-16(12-17)13-21)19(24)18-9-6-11-23(15-18)20(25)26-4-2/h3,5,7-8,12,18H,1,4,6,9-11,14-15H2,2H3. The number of nitrogens with zero attached hydrogens (tertiary/aromatic N) is 3. The van der Waals surface area contributed by atoms with Gasteiger partial charge in [-0.15, -0.1) is 6.58 Å². The van der Waals surface area contributed by atoms with Crippen LogP contribution in [0.25, 0.3) is 0 Å². The van der Waals surface area contributed by atoms with Gasteiger partial charge in [-0.05, 0) is 37.5 Å². The quantitative estimate of drug-likeness (QED) is 0.736. The van der Waals surface area contributed by atoms with Crippen molar-refractivity contribution in [1.82, 2.24) is 9.80 Å².